The molecule has 2 aliphatic heterocycles. The van der Waals surface area contributed by atoms with Gasteiger partial charge >= 0.3 is 0 Å². The lowest BCUT2D eigenvalue weighted by atomic mass is 9.96. The molecule has 10 heteroatoms. The number of fused-ring (bicyclic) bond motifs is 1. The van der Waals surface area contributed by atoms with Gasteiger partial charge in [-0.1, -0.05) is 28.4 Å². The number of amides is 1. The summed E-state index contributed by atoms with van der Waals surface area (Å²) in [7, 11) is 0. The van der Waals surface area contributed by atoms with Crippen molar-refractivity contribution in [3.05, 3.63) is 52.3 Å². The van der Waals surface area contributed by atoms with Gasteiger partial charge in [-0.2, -0.15) is 4.98 Å². The molecule has 1 N–H and O–H groups in total. The fourth-order valence-corrected chi connectivity index (χ4v) is 4.50. The van der Waals surface area contributed by atoms with Crippen molar-refractivity contribution in [2.75, 3.05) is 31.6 Å². The van der Waals surface area contributed by atoms with E-state index < -0.39 is 0 Å². The summed E-state index contributed by atoms with van der Waals surface area (Å²) in [5, 5.41) is 8.06. The molecule has 0 radical (unpaired) electrons. The summed E-state index contributed by atoms with van der Waals surface area (Å²) in [6.07, 6.45) is 1.50. The highest BCUT2D eigenvalue weighted by molar-refractivity contribution is 6.36. The SMILES string of the molecule is O=C(Nc1ccc2c(c1)OCCO2)C1CCN(Cc2nc(-c3ccc(Cl)cc3Cl)no2)CC1. The van der Waals surface area contributed by atoms with Crippen molar-refractivity contribution >= 4 is 34.8 Å². The van der Waals surface area contributed by atoms with Crippen LogP contribution >= 0.6 is 23.2 Å². The Hall–Kier alpha value is -2.81. The molecule has 1 amide bonds. The van der Waals surface area contributed by atoms with E-state index in [0.29, 0.717) is 64.3 Å². The molecule has 1 saturated heterocycles. The number of carbonyl (C=O) groups is 1. The number of carbonyl (C=O) groups excluding carboxylic acids is 1. The number of anilines is 1. The van der Waals surface area contributed by atoms with Gasteiger partial charge in [0.25, 0.3) is 0 Å². The molecule has 3 heterocycles. The number of halogens is 2. The van der Waals surface area contributed by atoms with Gasteiger partial charge in [0.05, 0.1) is 11.6 Å². The molecule has 3 aromatic rings. The van der Waals surface area contributed by atoms with E-state index in [1.54, 1.807) is 18.2 Å². The number of aromatic nitrogens is 2. The van der Waals surface area contributed by atoms with E-state index in [9.17, 15) is 4.79 Å². The third kappa shape index (κ3) is 5.08. The number of benzene rings is 2. The summed E-state index contributed by atoms with van der Waals surface area (Å²) in [6, 6.07) is 10.6. The van der Waals surface area contributed by atoms with Crippen molar-refractivity contribution in [1.29, 1.82) is 0 Å². The smallest absolute Gasteiger partial charge is 0.241 e. The molecule has 0 spiro atoms. The summed E-state index contributed by atoms with van der Waals surface area (Å²) in [6.45, 7) is 3.10. The van der Waals surface area contributed by atoms with Crippen LogP contribution in [0.5, 0.6) is 11.5 Å². The number of nitrogens with zero attached hydrogens (tertiary/aromatic N) is 3. The molecule has 33 heavy (non-hydrogen) atoms. The monoisotopic (exact) mass is 488 g/mol. The third-order valence-electron chi connectivity index (χ3n) is 5.77. The number of hydrogen-bond donors (Lipinski definition) is 1. The van der Waals surface area contributed by atoms with Crippen LogP contribution < -0.4 is 14.8 Å². The fourth-order valence-electron chi connectivity index (χ4n) is 4.01. The molecule has 0 unspecified atom stereocenters. The molecular weight excluding hydrogens is 467 g/mol. The van der Waals surface area contributed by atoms with E-state index in [-0.39, 0.29) is 11.8 Å². The Kier molecular flexibility index (Phi) is 6.39. The predicted octanol–water partition coefficient (Wildman–Crippen LogP) is 4.67. The number of piperidine rings is 1. The highest BCUT2D eigenvalue weighted by Gasteiger charge is 2.26. The Morgan fingerprint density at radius 2 is 1.85 bits per heavy atom. The Labute approximate surface area is 200 Å². The molecule has 0 atom stereocenters. The topological polar surface area (TPSA) is 89.7 Å². The Morgan fingerprint density at radius 3 is 2.64 bits per heavy atom. The van der Waals surface area contributed by atoms with Gasteiger partial charge in [-0.25, -0.2) is 0 Å². The summed E-state index contributed by atoms with van der Waals surface area (Å²) >= 11 is 12.2. The first-order valence-electron chi connectivity index (χ1n) is 10.8. The fraction of sp³-hybridized carbons (Fsp3) is 0.348. The predicted molar refractivity (Wildman–Crippen MR) is 124 cm³/mol. The van der Waals surface area contributed by atoms with E-state index in [4.69, 9.17) is 37.2 Å². The zero-order valence-corrected chi connectivity index (χ0v) is 19.2. The van der Waals surface area contributed by atoms with Crippen LogP contribution in [-0.2, 0) is 11.3 Å². The van der Waals surface area contributed by atoms with Gasteiger partial charge in [-0.05, 0) is 56.3 Å². The number of hydrogen-bond acceptors (Lipinski definition) is 7. The second-order valence-electron chi connectivity index (χ2n) is 8.03. The van der Waals surface area contributed by atoms with Gasteiger partial charge in [0.15, 0.2) is 11.5 Å². The van der Waals surface area contributed by atoms with Crippen LogP contribution in [0, 0.1) is 5.92 Å². The average Bonchev–Trinajstić information content (AvgIpc) is 3.27. The maximum Gasteiger partial charge on any atom is 0.241 e. The van der Waals surface area contributed by atoms with Crippen molar-refractivity contribution in [2.24, 2.45) is 5.92 Å². The first kappa shape index (κ1) is 22.0. The highest BCUT2D eigenvalue weighted by Crippen LogP contribution is 2.33. The molecule has 2 aromatic carbocycles. The number of ether oxygens (including phenoxy) is 2. The lowest BCUT2D eigenvalue weighted by Crippen LogP contribution is -2.37. The minimum atomic E-state index is -0.0550. The highest BCUT2D eigenvalue weighted by atomic mass is 35.5. The summed E-state index contributed by atoms with van der Waals surface area (Å²) in [5.74, 6) is 2.27. The average molecular weight is 489 g/mol. The number of nitrogens with one attached hydrogen (secondary N) is 1. The second kappa shape index (κ2) is 9.59. The normalized spacial score (nSPS) is 16.5. The summed E-state index contributed by atoms with van der Waals surface area (Å²) in [5.41, 5.74) is 1.39. The van der Waals surface area contributed by atoms with Gasteiger partial charge in [0.1, 0.15) is 13.2 Å². The van der Waals surface area contributed by atoms with Crippen LogP contribution in [0.2, 0.25) is 10.0 Å². The van der Waals surface area contributed by atoms with Gasteiger partial charge in [0, 0.05) is 28.3 Å². The lowest BCUT2D eigenvalue weighted by molar-refractivity contribution is -0.121. The number of likely N-dealkylation sites (tertiary alicyclic amines) is 1. The van der Waals surface area contributed by atoms with Crippen molar-refractivity contribution in [2.45, 2.75) is 19.4 Å². The summed E-state index contributed by atoms with van der Waals surface area (Å²) < 4.78 is 16.5. The van der Waals surface area contributed by atoms with E-state index in [1.165, 1.54) is 0 Å². The standard InChI is InChI=1S/C23H22Cl2N4O4/c24-15-1-3-17(18(25)11-15)22-27-21(33-28-22)13-29-7-5-14(6-8-29)23(30)26-16-2-4-19-20(12-16)32-10-9-31-19/h1-4,11-12,14H,5-10,13H2,(H,26,30). The quantitative estimate of drug-likeness (QED) is 0.558. The zero-order valence-electron chi connectivity index (χ0n) is 17.7. The van der Waals surface area contributed by atoms with Crippen molar-refractivity contribution < 1.29 is 18.8 Å². The van der Waals surface area contributed by atoms with Crippen LogP contribution in [-0.4, -0.2) is 47.3 Å². The van der Waals surface area contributed by atoms with Crippen molar-refractivity contribution in [3.8, 4) is 22.9 Å². The molecule has 0 bridgehead atoms. The summed E-state index contributed by atoms with van der Waals surface area (Å²) in [4.78, 5) is 19.4. The van der Waals surface area contributed by atoms with E-state index in [1.807, 2.05) is 18.2 Å². The maximum absolute atomic E-state index is 12.8. The minimum Gasteiger partial charge on any atom is -0.486 e. The van der Waals surface area contributed by atoms with Gasteiger partial charge in [-0.15, -0.1) is 0 Å². The zero-order chi connectivity index (χ0) is 22.8. The van der Waals surface area contributed by atoms with Crippen LogP contribution in [0.4, 0.5) is 5.69 Å². The van der Waals surface area contributed by atoms with Gasteiger partial charge in [0.2, 0.25) is 17.6 Å². The molecule has 8 nitrogen and oxygen atoms in total. The van der Waals surface area contributed by atoms with Gasteiger partial charge in [-0.3, -0.25) is 9.69 Å². The first-order chi connectivity index (χ1) is 16.0. The van der Waals surface area contributed by atoms with Crippen LogP contribution in [0.3, 0.4) is 0 Å². The Bertz CT molecular complexity index is 1160. The molecule has 2 aliphatic rings. The van der Waals surface area contributed by atoms with Crippen molar-refractivity contribution in [3.63, 3.8) is 0 Å². The van der Waals surface area contributed by atoms with E-state index in [0.717, 1.165) is 25.9 Å². The molecule has 0 aliphatic carbocycles. The van der Waals surface area contributed by atoms with E-state index >= 15 is 0 Å². The largest absolute Gasteiger partial charge is 0.486 e. The molecule has 0 saturated carbocycles. The van der Waals surface area contributed by atoms with Crippen molar-refractivity contribution in [1.82, 2.24) is 15.0 Å². The Balaban J connectivity index is 1.14. The molecular formula is C23H22Cl2N4O4. The molecule has 1 aromatic heterocycles. The minimum absolute atomic E-state index is 0.0174. The van der Waals surface area contributed by atoms with E-state index in [2.05, 4.69) is 20.4 Å². The second-order valence-corrected chi connectivity index (χ2v) is 8.88. The van der Waals surface area contributed by atoms with Gasteiger partial charge < -0.3 is 19.3 Å². The third-order valence-corrected chi connectivity index (χ3v) is 6.31. The molecule has 172 valence electrons. The first-order valence-corrected chi connectivity index (χ1v) is 11.5. The van der Waals surface area contributed by atoms with Crippen LogP contribution in [0.1, 0.15) is 18.7 Å². The Morgan fingerprint density at radius 1 is 1.06 bits per heavy atom. The maximum atomic E-state index is 12.8. The molecule has 5 rings (SSSR count). The van der Waals surface area contributed by atoms with Crippen LogP contribution in [0.15, 0.2) is 40.9 Å². The van der Waals surface area contributed by atoms with Crippen LogP contribution in [0.25, 0.3) is 11.4 Å². The lowest BCUT2D eigenvalue weighted by Gasteiger charge is -2.30. The molecule has 1 fully saturated rings. The number of rotatable bonds is 5.